The van der Waals surface area contributed by atoms with E-state index in [0.717, 1.165) is 0 Å². The predicted molar refractivity (Wildman–Crippen MR) is 58.0 cm³/mol. The van der Waals surface area contributed by atoms with Crippen LogP contribution in [-0.2, 0) is 18.9 Å². The van der Waals surface area contributed by atoms with Crippen LogP contribution in [0.15, 0.2) is 0 Å². The maximum Gasteiger partial charge on any atom is 0.453 e. The van der Waals surface area contributed by atoms with Gasteiger partial charge in [0.2, 0.25) is 0 Å². The molecule has 0 spiro atoms. The summed E-state index contributed by atoms with van der Waals surface area (Å²) in [6.07, 6.45) is -51.0. The maximum atomic E-state index is 13.1. The molecule has 0 radical (unpaired) electrons. The van der Waals surface area contributed by atoms with Gasteiger partial charge in [-0.1, -0.05) is 0 Å². The molecular weight excluding hydrogens is 482 g/mol. The summed E-state index contributed by atoms with van der Waals surface area (Å²) >= 11 is 0. The van der Waals surface area contributed by atoms with Gasteiger partial charge in [-0.3, -0.25) is 0 Å². The van der Waals surface area contributed by atoms with Gasteiger partial charge in [0.1, 0.15) is 0 Å². The molecule has 0 aromatic heterocycles. The molecule has 30 heavy (non-hydrogen) atoms. The minimum atomic E-state index is -7.32. The number of hydrogen-bond acceptors (Lipinski definition) is 6. The molecule has 0 saturated heterocycles. The lowest BCUT2D eigenvalue weighted by Crippen LogP contribution is -2.60. The summed E-state index contributed by atoms with van der Waals surface area (Å²) in [5.41, 5.74) is 0. The van der Waals surface area contributed by atoms with E-state index >= 15 is 0 Å². The molecule has 2 N–H and O–H groups in total. The van der Waals surface area contributed by atoms with Gasteiger partial charge in [-0.15, -0.1) is 0 Å². The number of aliphatic hydroxyl groups excluding tert-OH is 2. The molecule has 0 aliphatic heterocycles. The highest BCUT2D eigenvalue weighted by Gasteiger charge is 2.76. The van der Waals surface area contributed by atoms with E-state index in [9.17, 15) is 61.5 Å². The minimum Gasteiger partial charge on any atom is -0.393 e. The molecule has 0 aromatic carbocycles. The van der Waals surface area contributed by atoms with Crippen molar-refractivity contribution in [2.45, 2.75) is 48.9 Å². The number of methoxy groups -OCH3 is 1. The van der Waals surface area contributed by atoms with Crippen molar-refractivity contribution in [1.82, 2.24) is 0 Å². The zero-order valence-electron chi connectivity index (χ0n) is 13.6. The fraction of sp³-hybridized carbons (Fsp3) is 1.00. The summed E-state index contributed by atoms with van der Waals surface area (Å²) in [7, 11) is -0.267. The third-order valence-corrected chi connectivity index (χ3v) is 2.61. The Balaban J connectivity index is 5.76. The summed E-state index contributed by atoms with van der Waals surface area (Å²) in [5, 5.41) is 16.5. The summed E-state index contributed by atoms with van der Waals surface area (Å²) in [6, 6.07) is 0. The molecule has 0 rings (SSSR count). The van der Waals surface area contributed by atoms with Crippen molar-refractivity contribution >= 4 is 0 Å². The van der Waals surface area contributed by atoms with E-state index in [4.69, 9.17) is 10.2 Å². The third-order valence-electron chi connectivity index (χ3n) is 2.61. The first-order valence-electron chi connectivity index (χ1n) is 6.50. The van der Waals surface area contributed by atoms with Gasteiger partial charge in [-0.25, -0.2) is 14.2 Å². The Labute approximate surface area is 154 Å². The molecule has 0 aliphatic carbocycles. The number of hydrogen-bond donors (Lipinski definition) is 2. The average Bonchev–Trinajstić information content (AvgIpc) is 2.50. The van der Waals surface area contributed by atoms with Gasteiger partial charge >= 0.3 is 42.8 Å². The topological polar surface area (TPSA) is 77.4 Å². The molecule has 182 valence electrons. The second-order valence-electron chi connectivity index (χ2n) is 4.87. The minimum absolute atomic E-state index is 0.267. The summed E-state index contributed by atoms with van der Waals surface area (Å²) in [5.74, 6) is 0. The molecule has 1 atom stereocenters. The SMILES string of the molecule is COC(F)(F)C(F)(F)OC(F)(F)C(F)(F)OC(F)(F)C(F)(F)OC(F)(F)C(O)CO. The average molecular weight is 490 g/mol. The van der Waals surface area contributed by atoms with Crippen LogP contribution in [0.3, 0.4) is 0 Å². The largest absolute Gasteiger partial charge is 0.453 e. The Kier molecular flexibility index (Phi) is 8.03. The highest BCUT2D eigenvalue weighted by Crippen LogP contribution is 2.50. The van der Waals surface area contributed by atoms with E-state index in [0.29, 0.717) is 0 Å². The van der Waals surface area contributed by atoms with Crippen LogP contribution < -0.4 is 0 Å². The fourth-order valence-corrected chi connectivity index (χ4v) is 1.08. The zero-order valence-corrected chi connectivity index (χ0v) is 13.6. The molecular formula is C10H8F14O6. The van der Waals surface area contributed by atoms with Gasteiger partial charge in [-0.05, 0) is 0 Å². The summed E-state index contributed by atoms with van der Waals surface area (Å²) in [6.45, 7) is -2.12. The van der Waals surface area contributed by atoms with Gasteiger partial charge in [0.25, 0.3) is 0 Å². The fourth-order valence-electron chi connectivity index (χ4n) is 1.08. The molecule has 6 nitrogen and oxygen atoms in total. The first-order chi connectivity index (χ1) is 12.9. The van der Waals surface area contributed by atoms with Gasteiger partial charge < -0.3 is 14.9 Å². The summed E-state index contributed by atoms with van der Waals surface area (Å²) < 4.78 is 189. The van der Waals surface area contributed by atoms with Crippen molar-refractivity contribution in [3.05, 3.63) is 0 Å². The van der Waals surface area contributed by atoms with Crippen LogP contribution in [0.5, 0.6) is 0 Å². The highest BCUT2D eigenvalue weighted by molar-refractivity contribution is 4.79. The standard InChI is InChI=1S/C10H8F14O6/c1-27-5(13,14)6(15,16)29-9(21,22)10(23,24)30-8(19,20)7(17,18)28-4(11,12)3(26)2-25/h3,25-26H,2H2,1H3. The quantitative estimate of drug-likeness (QED) is 0.410. The van der Waals surface area contributed by atoms with Gasteiger partial charge in [0.05, 0.1) is 6.61 Å². The molecule has 1 unspecified atom stereocenters. The summed E-state index contributed by atoms with van der Waals surface area (Å²) in [4.78, 5) is 0. The van der Waals surface area contributed by atoms with Gasteiger partial charge in [0.15, 0.2) is 6.10 Å². The van der Waals surface area contributed by atoms with Crippen molar-refractivity contribution in [1.29, 1.82) is 0 Å². The van der Waals surface area contributed by atoms with Crippen LogP contribution in [0.1, 0.15) is 0 Å². The lowest BCUT2D eigenvalue weighted by molar-refractivity contribution is -0.572. The molecule has 20 heteroatoms. The van der Waals surface area contributed by atoms with Crippen molar-refractivity contribution in [2.75, 3.05) is 13.7 Å². The van der Waals surface area contributed by atoms with E-state index in [-0.39, 0.29) is 7.11 Å². The predicted octanol–water partition coefficient (Wildman–Crippen LogP) is 3.19. The molecule has 0 aliphatic rings. The monoisotopic (exact) mass is 490 g/mol. The van der Waals surface area contributed by atoms with Crippen molar-refractivity contribution in [3.8, 4) is 0 Å². The first-order valence-corrected chi connectivity index (χ1v) is 6.50. The van der Waals surface area contributed by atoms with Crippen molar-refractivity contribution in [2.24, 2.45) is 0 Å². The number of rotatable bonds is 12. The smallest absolute Gasteiger partial charge is 0.393 e. The lowest BCUT2D eigenvalue weighted by Gasteiger charge is -2.35. The van der Waals surface area contributed by atoms with E-state index in [1.165, 1.54) is 0 Å². The molecule has 0 bridgehead atoms. The second kappa shape index (κ2) is 8.37. The molecule has 0 saturated carbocycles. The molecule has 0 aromatic rings. The van der Waals surface area contributed by atoms with Crippen LogP contribution in [0.25, 0.3) is 0 Å². The highest BCUT2D eigenvalue weighted by atomic mass is 19.4. The lowest BCUT2D eigenvalue weighted by atomic mass is 10.3. The number of alkyl halides is 14. The van der Waals surface area contributed by atoms with Crippen molar-refractivity contribution < 1.29 is 90.6 Å². The Morgan fingerprint density at radius 1 is 0.567 bits per heavy atom. The van der Waals surface area contributed by atoms with Crippen LogP contribution in [-0.4, -0.2) is 72.8 Å². The Morgan fingerprint density at radius 3 is 1.10 bits per heavy atom. The van der Waals surface area contributed by atoms with E-state index in [1.807, 2.05) is 4.74 Å². The Morgan fingerprint density at radius 2 is 0.833 bits per heavy atom. The first kappa shape index (κ1) is 28.8. The van der Waals surface area contributed by atoms with E-state index in [2.05, 4.69) is 4.74 Å². The zero-order chi connectivity index (χ0) is 24.6. The Bertz CT molecular complexity index is 582. The van der Waals surface area contributed by atoms with Crippen LogP contribution in [0.2, 0.25) is 0 Å². The molecule has 0 fully saturated rings. The number of halogens is 14. The molecule has 0 amide bonds. The number of ether oxygens (including phenoxy) is 4. The van der Waals surface area contributed by atoms with Crippen LogP contribution in [0, 0.1) is 0 Å². The normalized spacial score (nSPS) is 16.7. The van der Waals surface area contributed by atoms with Crippen molar-refractivity contribution in [3.63, 3.8) is 0 Å². The number of aliphatic hydroxyl groups is 2. The van der Waals surface area contributed by atoms with E-state index < -0.39 is 55.5 Å². The molecule has 0 heterocycles. The van der Waals surface area contributed by atoms with Gasteiger partial charge in [-0.2, -0.15) is 61.5 Å². The van der Waals surface area contributed by atoms with Gasteiger partial charge in [0, 0.05) is 7.11 Å². The van der Waals surface area contributed by atoms with Crippen LogP contribution in [0.4, 0.5) is 61.5 Å². The van der Waals surface area contributed by atoms with E-state index in [1.54, 1.807) is 9.47 Å². The Hall–Kier alpha value is -1.22. The second-order valence-corrected chi connectivity index (χ2v) is 4.87. The van der Waals surface area contributed by atoms with Crippen LogP contribution >= 0.6 is 0 Å². The third kappa shape index (κ3) is 5.93. The maximum absolute atomic E-state index is 13.1.